The topological polar surface area (TPSA) is 74.2 Å². The van der Waals surface area contributed by atoms with Gasteiger partial charge in [0, 0.05) is 32.0 Å². The smallest absolute Gasteiger partial charge is 0.188 e. The summed E-state index contributed by atoms with van der Waals surface area (Å²) in [6.07, 6.45) is 1.06. The van der Waals surface area contributed by atoms with E-state index in [2.05, 4.69) is 0 Å². The lowest BCUT2D eigenvalue weighted by molar-refractivity contribution is 0.0315. The van der Waals surface area contributed by atoms with Gasteiger partial charge in [-0.15, -0.1) is 0 Å². The van der Waals surface area contributed by atoms with Crippen LogP contribution in [0.1, 0.15) is 15.9 Å². The third-order valence-corrected chi connectivity index (χ3v) is 2.32. The van der Waals surface area contributed by atoms with Gasteiger partial charge < -0.3 is 24.1 Å². The molecule has 1 N–H and O–H groups in total. The highest BCUT2D eigenvalue weighted by atomic mass is 16.7. The Kier molecular flexibility index (Phi) is 6.88. The van der Waals surface area contributed by atoms with E-state index in [-0.39, 0.29) is 20.2 Å². The molecule has 0 aliphatic rings. The van der Waals surface area contributed by atoms with Crippen molar-refractivity contribution in [3.8, 4) is 11.5 Å². The van der Waals surface area contributed by atoms with Crippen molar-refractivity contribution in [3.63, 3.8) is 0 Å². The van der Waals surface area contributed by atoms with Gasteiger partial charge in [0.25, 0.3) is 0 Å². The number of aliphatic hydroxyl groups excluding tert-OH is 1. The summed E-state index contributed by atoms with van der Waals surface area (Å²) in [5, 5.41) is 9.06. The summed E-state index contributed by atoms with van der Waals surface area (Å²) in [5.74, 6) is 0.825. The molecule has 0 spiro atoms. The first-order chi connectivity index (χ1) is 9.26. The van der Waals surface area contributed by atoms with Crippen LogP contribution in [-0.4, -0.2) is 45.8 Å². The predicted molar refractivity (Wildman–Crippen MR) is 67.6 cm³/mol. The van der Waals surface area contributed by atoms with Crippen LogP contribution in [0, 0.1) is 0 Å². The maximum Gasteiger partial charge on any atom is 0.188 e. The van der Waals surface area contributed by atoms with Gasteiger partial charge >= 0.3 is 0 Å². The second kappa shape index (κ2) is 8.47. The normalized spacial score (nSPS) is 10.3. The molecule has 1 rings (SSSR count). The molecule has 19 heavy (non-hydrogen) atoms. The number of carbonyl (C=O) groups is 1. The molecule has 0 atom stereocenters. The first kappa shape index (κ1) is 15.4. The van der Waals surface area contributed by atoms with Crippen LogP contribution in [0.3, 0.4) is 0 Å². The zero-order chi connectivity index (χ0) is 14.1. The number of hydrogen-bond acceptors (Lipinski definition) is 6. The fourth-order valence-electron chi connectivity index (χ4n) is 1.57. The molecule has 0 aliphatic carbocycles. The Bertz CT molecular complexity index is 404. The van der Waals surface area contributed by atoms with Crippen molar-refractivity contribution in [3.05, 3.63) is 23.3 Å². The summed E-state index contributed by atoms with van der Waals surface area (Å²) in [6, 6.07) is 3.20. The van der Waals surface area contributed by atoms with Crippen molar-refractivity contribution in [2.45, 2.75) is 6.42 Å². The van der Waals surface area contributed by atoms with Crippen LogP contribution in [-0.2, 0) is 15.9 Å². The maximum atomic E-state index is 10.9. The highest BCUT2D eigenvalue weighted by molar-refractivity contribution is 5.77. The summed E-state index contributed by atoms with van der Waals surface area (Å²) in [7, 11) is 3.00. The van der Waals surface area contributed by atoms with E-state index in [1.165, 1.54) is 14.2 Å². The monoisotopic (exact) mass is 270 g/mol. The highest BCUT2D eigenvalue weighted by Crippen LogP contribution is 2.33. The van der Waals surface area contributed by atoms with Gasteiger partial charge in [-0.2, -0.15) is 0 Å². The Hall–Kier alpha value is -1.63. The molecule has 0 saturated carbocycles. The molecule has 0 aliphatic heterocycles. The van der Waals surface area contributed by atoms with Crippen LogP contribution in [0.15, 0.2) is 12.1 Å². The van der Waals surface area contributed by atoms with Gasteiger partial charge in [0.2, 0.25) is 0 Å². The third kappa shape index (κ3) is 4.51. The Labute approximate surface area is 111 Å². The zero-order valence-corrected chi connectivity index (χ0v) is 11.0. The molecule has 106 valence electrons. The molecule has 0 radical (unpaired) electrons. The number of aldehydes is 1. The van der Waals surface area contributed by atoms with Gasteiger partial charge in [0.1, 0.15) is 6.29 Å². The largest absolute Gasteiger partial charge is 0.464 e. The molecule has 0 aromatic heterocycles. The summed E-state index contributed by atoms with van der Waals surface area (Å²) >= 11 is 0. The number of aliphatic hydroxyl groups is 1. The van der Waals surface area contributed by atoms with E-state index >= 15 is 0 Å². The van der Waals surface area contributed by atoms with E-state index in [0.29, 0.717) is 35.3 Å². The SMILES string of the molecule is COCOc1cc(C=O)cc(CCO)c1OCOC. The lowest BCUT2D eigenvalue weighted by Crippen LogP contribution is -2.08. The quantitative estimate of drug-likeness (QED) is 0.533. The molecular formula is C13H18O6. The van der Waals surface area contributed by atoms with E-state index < -0.39 is 0 Å². The van der Waals surface area contributed by atoms with Gasteiger partial charge in [-0.25, -0.2) is 0 Å². The van der Waals surface area contributed by atoms with Crippen LogP contribution in [0.25, 0.3) is 0 Å². The molecule has 0 saturated heterocycles. The number of hydrogen-bond donors (Lipinski definition) is 1. The van der Waals surface area contributed by atoms with Crippen molar-refractivity contribution in [2.24, 2.45) is 0 Å². The molecule has 1 aromatic rings. The summed E-state index contributed by atoms with van der Waals surface area (Å²) in [4.78, 5) is 10.9. The fourth-order valence-corrected chi connectivity index (χ4v) is 1.57. The molecule has 6 heteroatoms. The van der Waals surface area contributed by atoms with E-state index in [9.17, 15) is 4.79 Å². The predicted octanol–water partition coefficient (Wildman–Crippen LogP) is 0.999. The first-order valence-electron chi connectivity index (χ1n) is 5.73. The van der Waals surface area contributed by atoms with Crippen molar-refractivity contribution < 1.29 is 28.8 Å². The average molecular weight is 270 g/mol. The van der Waals surface area contributed by atoms with Gasteiger partial charge in [-0.3, -0.25) is 4.79 Å². The van der Waals surface area contributed by atoms with Crippen LogP contribution < -0.4 is 9.47 Å². The van der Waals surface area contributed by atoms with E-state index in [4.69, 9.17) is 24.1 Å². The van der Waals surface area contributed by atoms with Crippen LogP contribution in [0.2, 0.25) is 0 Å². The Morgan fingerprint density at radius 1 is 1.16 bits per heavy atom. The average Bonchev–Trinajstić information content (AvgIpc) is 2.43. The lowest BCUT2D eigenvalue weighted by Gasteiger charge is -2.16. The zero-order valence-electron chi connectivity index (χ0n) is 11.0. The second-order valence-corrected chi connectivity index (χ2v) is 3.70. The van der Waals surface area contributed by atoms with Crippen molar-refractivity contribution in [2.75, 3.05) is 34.4 Å². The minimum atomic E-state index is -0.0601. The van der Waals surface area contributed by atoms with E-state index in [1.807, 2.05) is 0 Å². The highest BCUT2D eigenvalue weighted by Gasteiger charge is 2.14. The van der Waals surface area contributed by atoms with Gasteiger partial charge in [0.05, 0.1) is 0 Å². The van der Waals surface area contributed by atoms with Gasteiger partial charge in [-0.1, -0.05) is 0 Å². The van der Waals surface area contributed by atoms with Crippen LogP contribution in [0.4, 0.5) is 0 Å². The van der Waals surface area contributed by atoms with Gasteiger partial charge in [-0.05, 0) is 18.6 Å². The number of ether oxygens (including phenoxy) is 4. The van der Waals surface area contributed by atoms with Crippen molar-refractivity contribution >= 4 is 6.29 Å². The summed E-state index contributed by atoms with van der Waals surface area (Å²) < 4.78 is 20.5. The van der Waals surface area contributed by atoms with Crippen LogP contribution in [0.5, 0.6) is 11.5 Å². The fraction of sp³-hybridized carbons (Fsp3) is 0.462. The van der Waals surface area contributed by atoms with E-state index in [1.54, 1.807) is 12.1 Å². The molecule has 0 amide bonds. The third-order valence-electron chi connectivity index (χ3n) is 2.32. The molecule has 6 nitrogen and oxygen atoms in total. The van der Waals surface area contributed by atoms with Crippen molar-refractivity contribution in [1.82, 2.24) is 0 Å². The molecule has 0 heterocycles. The first-order valence-corrected chi connectivity index (χ1v) is 5.73. The summed E-state index contributed by atoms with van der Waals surface area (Å²) in [5.41, 5.74) is 1.12. The minimum absolute atomic E-state index is 0.0320. The van der Waals surface area contributed by atoms with Crippen molar-refractivity contribution in [1.29, 1.82) is 0 Å². The minimum Gasteiger partial charge on any atom is -0.464 e. The Morgan fingerprint density at radius 2 is 1.84 bits per heavy atom. The second-order valence-electron chi connectivity index (χ2n) is 3.70. The maximum absolute atomic E-state index is 10.9. The lowest BCUT2D eigenvalue weighted by atomic mass is 10.1. The van der Waals surface area contributed by atoms with Crippen LogP contribution >= 0.6 is 0 Å². The number of carbonyl (C=O) groups excluding carboxylic acids is 1. The Balaban J connectivity index is 3.12. The number of methoxy groups -OCH3 is 2. The molecular weight excluding hydrogens is 252 g/mol. The van der Waals surface area contributed by atoms with Gasteiger partial charge in [0.15, 0.2) is 25.1 Å². The van der Waals surface area contributed by atoms with E-state index in [0.717, 1.165) is 0 Å². The molecule has 1 aromatic carbocycles. The number of rotatable bonds is 9. The molecule has 0 unspecified atom stereocenters. The molecule has 0 fully saturated rings. The molecule has 0 bridgehead atoms. The standard InChI is InChI=1S/C13H18O6/c1-16-8-18-12-6-10(7-15)5-11(3-4-14)13(12)19-9-17-2/h5-7,14H,3-4,8-9H2,1-2H3. The Morgan fingerprint density at radius 3 is 2.42 bits per heavy atom. The summed E-state index contributed by atoms with van der Waals surface area (Å²) in [6.45, 7) is 0.0157. The number of benzene rings is 1.